The van der Waals surface area contributed by atoms with Crippen molar-refractivity contribution in [2.45, 2.75) is 38.6 Å². The van der Waals surface area contributed by atoms with E-state index in [0.717, 1.165) is 24.9 Å². The van der Waals surface area contributed by atoms with Crippen LogP contribution in [-0.4, -0.2) is 10.5 Å². The molecule has 0 saturated heterocycles. The number of carbonyl (C=O) groups excluding carboxylic acids is 1. The van der Waals surface area contributed by atoms with Crippen molar-refractivity contribution in [1.82, 2.24) is 4.57 Å². The molecule has 0 unspecified atom stereocenters. The molecule has 4 rings (SSSR count). The van der Waals surface area contributed by atoms with Gasteiger partial charge in [-0.3, -0.25) is 9.36 Å². The molecule has 26 heavy (non-hydrogen) atoms. The summed E-state index contributed by atoms with van der Waals surface area (Å²) in [7, 11) is 0. The average Bonchev–Trinajstić information content (AvgIpc) is 2.94. The highest BCUT2D eigenvalue weighted by molar-refractivity contribution is 6.31. The number of hydrogen-bond donors (Lipinski definition) is 1. The highest BCUT2D eigenvalue weighted by Gasteiger charge is 2.15. The number of halogens is 1. The molecule has 0 bridgehead atoms. The second-order valence-corrected chi connectivity index (χ2v) is 7.02. The van der Waals surface area contributed by atoms with E-state index >= 15 is 0 Å². The van der Waals surface area contributed by atoms with Crippen LogP contribution in [0, 0.1) is 0 Å². The number of benzene rings is 2. The Hall–Kier alpha value is -2.53. The summed E-state index contributed by atoms with van der Waals surface area (Å²) in [4.78, 5) is 24.5. The van der Waals surface area contributed by atoms with E-state index in [4.69, 9.17) is 16.0 Å². The molecule has 0 spiro atoms. The monoisotopic (exact) mass is 370 g/mol. The van der Waals surface area contributed by atoms with Gasteiger partial charge in [0.05, 0.1) is 5.52 Å². The Labute approximate surface area is 155 Å². The molecule has 5 nitrogen and oxygen atoms in total. The zero-order chi connectivity index (χ0) is 18.1. The minimum Gasteiger partial charge on any atom is -0.408 e. The first-order valence-electron chi connectivity index (χ1n) is 8.81. The summed E-state index contributed by atoms with van der Waals surface area (Å²) in [6.07, 6.45) is 4.61. The number of anilines is 1. The summed E-state index contributed by atoms with van der Waals surface area (Å²) in [5.41, 5.74) is 4.53. The van der Waals surface area contributed by atoms with Crippen molar-refractivity contribution in [1.29, 1.82) is 0 Å². The van der Waals surface area contributed by atoms with E-state index in [9.17, 15) is 9.59 Å². The first kappa shape index (κ1) is 16.9. The third kappa shape index (κ3) is 3.27. The summed E-state index contributed by atoms with van der Waals surface area (Å²) in [6.45, 7) is 0.258. The van der Waals surface area contributed by atoms with Crippen molar-refractivity contribution in [3.8, 4) is 0 Å². The van der Waals surface area contributed by atoms with Gasteiger partial charge in [0, 0.05) is 29.7 Å². The van der Waals surface area contributed by atoms with Crippen molar-refractivity contribution in [3.63, 3.8) is 0 Å². The summed E-state index contributed by atoms with van der Waals surface area (Å²) < 4.78 is 6.66. The fourth-order valence-corrected chi connectivity index (χ4v) is 3.74. The first-order chi connectivity index (χ1) is 12.6. The van der Waals surface area contributed by atoms with Crippen molar-refractivity contribution < 1.29 is 9.21 Å². The van der Waals surface area contributed by atoms with Crippen molar-refractivity contribution in [2.75, 3.05) is 5.32 Å². The van der Waals surface area contributed by atoms with E-state index in [1.165, 1.54) is 22.1 Å². The number of aryl methyl sites for hydroxylation is 2. The lowest BCUT2D eigenvalue weighted by atomic mass is 9.90. The molecule has 6 heteroatoms. The number of fused-ring (bicyclic) bond motifs is 2. The summed E-state index contributed by atoms with van der Waals surface area (Å²) in [5.74, 6) is -0.591. The van der Waals surface area contributed by atoms with Crippen LogP contribution in [-0.2, 0) is 24.2 Å². The second kappa shape index (κ2) is 7.00. The molecular formula is C20H19ClN2O3. The van der Waals surface area contributed by atoms with Crippen molar-refractivity contribution in [2.24, 2.45) is 0 Å². The van der Waals surface area contributed by atoms with Gasteiger partial charge in [-0.05, 0) is 55.0 Å². The Bertz CT molecular complexity index is 1040. The van der Waals surface area contributed by atoms with Crippen molar-refractivity contribution in [3.05, 3.63) is 63.1 Å². The number of aromatic nitrogens is 1. The smallest absolute Gasteiger partial charge is 0.408 e. The lowest BCUT2D eigenvalue weighted by Gasteiger charge is -2.19. The van der Waals surface area contributed by atoms with Crippen molar-refractivity contribution >= 4 is 34.3 Å². The van der Waals surface area contributed by atoms with Crippen LogP contribution in [0.2, 0.25) is 5.02 Å². The van der Waals surface area contributed by atoms with Crippen LogP contribution in [0.4, 0.5) is 5.69 Å². The third-order valence-electron chi connectivity index (χ3n) is 4.86. The van der Waals surface area contributed by atoms with Gasteiger partial charge in [0.2, 0.25) is 5.91 Å². The molecule has 0 fully saturated rings. The Morgan fingerprint density at radius 2 is 2.04 bits per heavy atom. The molecule has 2 aromatic carbocycles. The lowest BCUT2D eigenvalue weighted by molar-refractivity contribution is -0.116. The van der Waals surface area contributed by atoms with E-state index in [2.05, 4.69) is 11.4 Å². The molecule has 1 aliphatic rings. The van der Waals surface area contributed by atoms with Gasteiger partial charge in [-0.15, -0.1) is 0 Å². The summed E-state index contributed by atoms with van der Waals surface area (Å²) in [5, 5.41) is 3.51. The number of nitrogens with one attached hydrogen (secondary N) is 1. The fraction of sp³-hybridized carbons (Fsp3) is 0.300. The molecule has 0 radical (unpaired) electrons. The Morgan fingerprint density at radius 1 is 1.19 bits per heavy atom. The minimum atomic E-state index is -0.479. The molecule has 1 aromatic heterocycles. The van der Waals surface area contributed by atoms with Crippen LogP contribution in [0.1, 0.15) is 30.4 Å². The predicted molar refractivity (Wildman–Crippen MR) is 102 cm³/mol. The van der Waals surface area contributed by atoms with Gasteiger partial charge in [-0.1, -0.05) is 23.7 Å². The molecule has 0 saturated carbocycles. The molecule has 1 amide bonds. The molecule has 1 N–H and O–H groups in total. The quantitative estimate of drug-likeness (QED) is 0.750. The van der Waals surface area contributed by atoms with Gasteiger partial charge in [-0.2, -0.15) is 0 Å². The number of nitrogens with zero attached hydrogens (tertiary/aromatic N) is 1. The minimum absolute atomic E-state index is 0.112. The number of amides is 1. The third-order valence-corrected chi connectivity index (χ3v) is 5.10. The van der Waals surface area contributed by atoms with Crippen LogP contribution < -0.4 is 11.1 Å². The van der Waals surface area contributed by atoms with E-state index in [-0.39, 0.29) is 18.9 Å². The summed E-state index contributed by atoms with van der Waals surface area (Å²) in [6, 6.07) is 11.1. The molecular weight excluding hydrogens is 352 g/mol. The van der Waals surface area contributed by atoms with Crippen LogP contribution in [0.15, 0.2) is 45.6 Å². The normalized spacial score (nSPS) is 13.6. The molecule has 0 aliphatic heterocycles. The fourth-order valence-electron chi connectivity index (χ4n) is 3.58. The van der Waals surface area contributed by atoms with Crippen LogP contribution in [0.5, 0.6) is 0 Å². The maximum absolute atomic E-state index is 12.4. The van der Waals surface area contributed by atoms with E-state index < -0.39 is 5.76 Å². The SMILES string of the molecule is O=C(CCn1c(=O)oc2cc(Cl)ccc21)Nc1cccc2c1CCCC2. The predicted octanol–water partition coefficient (Wildman–Crippen LogP) is 4.16. The summed E-state index contributed by atoms with van der Waals surface area (Å²) >= 11 is 5.92. The molecule has 1 aliphatic carbocycles. The molecule has 3 aromatic rings. The average molecular weight is 371 g/mol. The largest absolute Gasteiger partial charge is 0.419 e. The number of oxazole rings is 1. The maximum atomic E-state index is 12.4. The topological polar surface area (TPSA) is 64.2 Å². The lowest BCUT2D eigenvalue weighted by Crippen LogP contribution is -2.20. The first-order valence-corrected chi connectivity index (χ1v) is 9.19. The Kier molecular flexibility index (Phi) is 4.55. The zero-order valence-corrected chi connectivity index (χ0v) is 15.0. The molecule has 1 heterocycles. The number of carbonyl (C=O) groups is 1. The van der Waals surface area contributed by atoms with Crippen LogP contribution >= 0.6 is 11.6 Å². The number of rotatable bonds is 4. The van der Waals surface area contributed by atoms with Gasteiger partial charge in [0.25, 0.3) is 0 Å². The molecule has 134 valence electrons. The van der Waals surface area contributed by atoms with Crippen LogP contribution in [0.3, 0.4) is 0 Å². The zero-order valence-electron chi connectivity index (χ0n) is 14.3. The van der Waals surface area contributed by atoms with Gasteiger partial charge >= 0.3 is 5.76 Å². The highest BCUT2D eigenvalue weighted by atomic mass is 35.5. The van der Waals surface area contributed by atoms with Gasteiger partial charge in [0.1, 0.15) is 0 Å². The maximum Gasteiger partial charge on any atom is 0.419 e. The highest BCUT2D eigenvalue weighted by Crippen LogP contribution is 2.28. The van der Waals surface area contributed by atoms with Gasteiger partial charge in [0.15, 0.2) is 5.58 Å². The van der Waals surface area contributed by atoms with Gasteiger partial charge in [-0.25, -0.2) is 4.79 Å². The van der Waals surface area contributed by atoms with E-state index in [1.54, 1.807) is 18.2 Å². The second-order valence-electron chi connectivity index (χ2n) is 6.58. The molecule has 0 atom stereocenters. The van der Waals surface area contributed by atoms with Crippen LogP contribution in [0.25, 0.3) is 11.1 Å². The van der Waals surface area contributed by atoms with E-state index in [0.29, 0.717) is 16.1 Å². The Morgan fingerprint density at radius 3 is 2.92 bits per heavy atom. The van der Waals surface area contributed by atoms with E-state index in [1.807, 2.05) is 12.1 Å². The standard InChI is InChI=1S/C20H19ClN2O3/c21-14-8-9-17-18(12-14)26-20(25)23(17)11-10-19(24)22-16-7-3-5-13-4-1-2-6-15(13)16/h3,5,7-9,12H,1-2,4,6,10-11H2,(H,22,24). The number of hydrogen-bond acceptors (Lipinski definition) is 3. The Balaban J connectivity index is 1.49. The van der Waals surface area contributed by atoms with Gasteiger partial charge < -0.3 is 9.73 Å².